The zero-order valence-corrected chi connectivity index (χ0v) is 17.1. The van der Waals surface area contributed by atoms with Gasteiger partial charge in [0.1, 0.15) is 16.6 Å². The molecule has 3 aromatic rings. The van der Waals surface area contributed by atoms with Crippen LogP contribution >= 0.6 is 11.3 Å². The van der Waals surface area contributed by atoms with E-state index in [1.807, 2.05) is 12.1 Å². The van der Waals surface area contributed by atoms with E-state index in [-0.39, 0.29) is 17.5 Å². The molecule has 7 nitrogen and oxygen atoms in total. The van der Waals surface area contributed by atoms with Crippen molar-refractivity contribution in [2.45, 2.75) is 13.1 Å². The number of benzene rings is 2. The van der Waals surface area contributed by atoms with Crippen molar-refractivity contribution >= 4 is 22.9 Å². The summed E-state index contributed by atoms with van der Waals surface area (Å²) >= 11 is 1.29. The number of aromatic nitrogens is 2. The molecular formula is C21H22FN5O2S. The van der Waals surface area contributed by atoms with Crippen LogP contribution in [0.5, 0.6) is 5.75 Å². The fourth-order valence-electron chi connectivity index (χ4n) is 3.29. The van der Waals surface area contributed by atoms with E-state index in [2.05, 4.69) is 25.3 Å². The molecule has 2 aromatic carbocycles. The van der Waals surface area contributed by atoms with Crippen LogP contribution in [0.4, 0.5) is 10.1 Å². The van der Waals surface area contributed by atoms with Crippen molar-refractivity contribution in [1.29, 1.82) is 0 Å². The third-order valence-electron chi connectivity index (χ3n) is 4.97. The molecule has 9 heteroatoms. The lowest BCUT2D eigenvalue weighted by Crippen LogP contribution is -2.45. The number of hydrogen-bond acceptors (Lipinski definition) is 7. The third kappa shape index (κ3) is 5.11. The number of piperazine rings is 1. The Morgan fingerprint density at radius 1 is 1.03 bits per heavy atom. The van der Waals surface area contributed by atoms with E-state index in [1.54, 1.807) is 24.3 Å². The summed E-state index contributed by atoms with van der Waals surface area (Å²) in [5.41, 5.74) is 1.92. The molecule has 1 aromatic heterocycles. The molecule has 0 unspecified atom stereocenters. The molecule has 30 heavy (non-hydrogen) atoms. The minimum atomic E-state index is -0.303. The van der Waals surface area contributed by atoms with Gasteiger partial charge in [-0.1, -0.05) is 23.5 Å². The van der Waals surface area contributed by atoms with Crippen LogP contribution in [0.25, 0.3) is 0 Å². The normalized spacial score (nSPS) is 14.6. The molecule has 1 aliphatic rings. The van der Waals surface area contributed by atoms with Gasteiger partial charge in [-0.3, -0.25) is 9.69 Å². The van der Waals surface area contributed by atoms with Crippen LogP contribution < -0.4 is 10.2 Å². The summed E-state index contributed by atoms with van der Waals surface area (Å²) in [6.07, 6.45) is 0. The van der Waals surface area contributed by atoms with Gasteiger partial charge in [0.2, 0.25) is 5.01 Å². The van der Waals surface area contributed by atoms with Crippen molar-refractivity contribution in [2.24, 2.45) is 0 Å². The minimum absolute atomic E-state index is 0.270. The second-order valence-electron chi connectivity index (χ2n) is 7.09. The lowest BCUT2D eigenvalue weighted by atomic mass is 10.2. The first-order valence-corrected chi connectivity index (χ1v) is 10.5. The predicted octanol–water partition coefficient (Wildman–Crippen LogP) is 2.64. The second-order valence-corrected chi connectivity index (χ2v) is 8.15. The Morgan fingerprint density at radius 2 is 1.73 bits per heavy atom. The number of phenols is 1. The van der Waals surface area contributed by atoms with Gasteiger partial charge in [0.25, 0.3) is 5.91 Å². The average molecular weight is 428 g/mol. The molecule has 1 fully saturated rings. The quantitative estimate of drug-likeness (QED) is 0.630. The summed E-state index contributed by atoms with van der Waals surface area (Å²) < 4.78 is 12.9. The van der Waals surface area contributed by atoms with Crippen LogP contribution in [-0.2, 0) is 13.1 Å². The topological polar surface area (TPSA) is 81.6 Å². The van der Waals surface area contributed by atoms with Gasteiger partial charge in [0, 0.05) is 38.4 Å². The fraction of sp³-hybridized carbons (Fsp3) is 0.286. The first-order valence-electron chi connectivity index (χ1n) is 9.68. The number of anilines is 1. The lowest BCUT2D eigenvalue weighted by Gasteiger charge is -2.35. The SMILES string of the molecule is O=C(NCc1ccc(F)cc1)c1nnc(CN2CCN(c3ccc(O)cc3)CC2)s1. The zero-order chi connectivity index (χ0) is 20.9. The van der Waals surface area contributed by atoms with Gasteiger partial charge >= 0.3 is 0 Å². The summed E-state index contributed by atoms with van der Waals surface area (Å²) in [7, 11) is 0. The van der Waals surface area contributed by atoms with E-state index in [1.165, 1.54) is 23.5 Å². The lowest BCUT2D eigenvalue weighted by molar-refractivity contribution is 0.0950. The molecule has 2 heterocycles. The Labute approximate surface area is 177 Å². The molecule has 0 radical (unpaired) electrons. The first-order chi connectivity index (χ1) is 14.6. The Morgan fingerprint density at radius 3 is 2.43 bits per heavy atom. The Balaban J connectivity index is 1.26. The predicted molar refractivity (Wildman–Crippen MR) is 113 cm³/mol. The molecular weight excluding hydrogens is 405 g/mol. The fourth-order valence-corrected chi connectivity index (χ4v) is 4.09. The van der Waals surface area contributed by atoms with Crippen LogP contribution in [-0.4, -0.2) is 52.3 Å². The van der Waals surface area contributed by atoms with Crippen LogP contribution in [0.3, 0.4) is 0 Å². The highest BCUT2D eigenvalue weighted by Gasteiger charge is 2.20. The van der Waals surface area contributed by atoms with Gasteiger partial charge in [-0.05, 0) is 42.0 Å². The monoisotopic (exact) mass is 427 g/mol. The number of nitrogens with zero attached hydrogens (tertiary/aromatic N) is 4. The largest absolute Gasteiger partial charge is 0.508 e. The number of hydrogen-bond donors (Lipinski definition) is 2. The molecule has 0 spiro atoms. The van der Waals surface area contributed by atoms with Crippen molar-refractivity contribution in [2.75, 3.05) is 31.1 Å². The number of amides is 1. The van der Waals surface area contributed by atoms with Gasteiger partial charge in [-0.2, -0.15) is 0 Å². The van der Waals surface area contributed by atoms with Crippen LogP contribution in [0.15, 0.2) is 48.5 Å². The van der Waals surface area contributed by atoms with Crippen LogP contribution in [0.1, 0.15) is 20.4 Å². The van der Waals surface area contributed by atoms with E-state index in [9.17, 15) is 14.3 Å². The number of carbonyl (C=O) groups excluding carboxylic acids is 1. The molecule has 0 bridgehead atoms. The molecule has 0 aliphatic carbocycles. The Hall–Kier alpha value is -3.04. The Bertz CT molecular complexity index is 985. The standard InChI is InChI=1S/C21H22FN5O2S/c22-16-3-1-15(2-4-16)13-23-20(29)21-25-24-19(30-21)14-26-9-11-27(12-10-26)17-5-7-18(28)8-6-17/h1-8,28H,9-14H2,(H,23,29). The smallest absolute Gasteiger partial charge is 0.282 e. The minimum Gasteiger partial charge on any atom is -0.508 e. The van der Waals surface area contributed by atoms with Crippen molar-refractivity contribution in [3.8, 4) is 5.75 Å². The van der Waals surface area contributed by atoms with Crippen molar-refractivity contribution in [3.05, 3.63) is 69.9 Å². The number of nitrogens with one attached hydrogen (secondary N) is 1. The molecule has 1 amide bonds. The second kappa shape index (κ2) is 9.19. The molecule has 1 aliphatic heterocycles. The van der Waals surface area contributed by atoms with Crippen molar-refractivity contribution in [1.82, 2.24) is 20.4 Å². The maximum Gasteiger partial charge on any atom is 0.282 e. The number of carbonyl (C=O) groups is 1. The molecule has 156 valence electrons. The van der Waals surface area contributed by atoms with Crippen LogP contribution in [0, 0.1) is 5.82 Å². The maximum atomic E-state index is 12.9. The highest BCUT2D eigenvalue weighted by Crippen LogP contribution is 2.21. The van der Waals surface area contributed by atoms with Crippen molar-refractivity contribution in [3.63, 3.8) is 0 Å². The van der Waals surface area contributed by atoms with Crippen molar-refractivity contribution < 1.29 is 14.3 Å². The molecule has 0 saturated carbocycles. The van der Waals surface area contributed by atoms with Gasteiger partial charge in [-0.25, -0.2) is 4.39 Å². The van der Waals surface area contributed by atoms with E-state index < -0.39 is 0 Å². The number of halogens is 1. The average Bonchev–Trinajstić information content (AvgIpc) is 3.23. The number of aromatic hydroxyl groups is 1. The van der Waals surface area contributed by atoms with Gasteiger partial charge in [0.15, 0.2) is 0 Å². The summed E-state index contributed by atoms with van der Waals surface area (Å²) in [5, 5.41) is 21.5. The highest BCUT2D eigenvalue weighted by atomic mass is 32.1. The molecule has 0 atom stereocenters. The van der Waals surface area contributed by atoms with Gasteiger partial charge in [0.05, 0.1) is 6.54 Å². The highest BCUT2D eigenvalue weighted by molar-refractivity contribution is 7.13. The summed E-state index contributed by atoms with van der Waals surface area (Å²) in [4.78, 5) is 16.9. The molecule has 1 saturated heterocycles. The Kier molecular flexibility index (Phi) is 6.20. The van der Waals surface area contributed by atoms with E-state index in [4.69, 9.17) is 0 Å². The summed E-state index contributed by atoms with van der Waals surface area (Å²) in [6, 6.07) is 13.3. The number of phenolic OH excluding ortho intramolecular Hbond substituents is 1. The molecule has 2 N–H and O–H groups in total. The third-order valence-corrected chi connectivity index (χ3v) is 5.88. The first kappa shape index (κ1) is 20.2. The number of rotatable bonds is 6. The van der Waals surface area contributed by atoms with Gasteiger partial charge < -0.3 is 15.3 Å². The van der Waals surface area contributed by atoms with E-state index in [0.717, 1.165) is 42.4 Å². The summed E-state index contributed by atoms with van der Waals surface area (Å²) in [5.74, 6) is -0.311. The van der Waals surface area contributed by atoms with Crippen LogP contribution in [0.2, 0.25) is 0 Å². The summed E-state index contributed by atoms with van der Waals surface area (Å²) in [6.45, 7) is 4.50. The maximum absolute atomic E-state index is 12.9. The zero-order valence-electron chi connectivity index (χ0n) is 16.3. The molecule has 4 rings (SSSR count). The van der Waals surface area contributed by atoms with E-state index in [0.29, 0.717) is 18.1 Å². The van der Waals surface area contributed by atoms with Gasteiger partial charge in [-0.15, -0.1) is 10.2 Å². The van der Waals surface area contributed by atoms with E-state index >= 15 is 0 Å².